The SMILES string of the molecule is CCN(CC)CCC(=O)CN1C(=O)C2CC=CCC2C1=O. The first kappa shape index (κ1) is 15.9. The molecular formula is C16H24N2O3. The average Bonchev–Trinajstić information content (AvgIpc) is 2.74. The molecule has 0 aromatic rings. The number of ketones is 1. The van der Waals surface area contributed by atoms with E-state index in [1.54, 1.807) is 0 Å². The number of imide groups is 1. The minimum atomic E-state index is -0.238. The number of allylic oxidation sites excluding steroid dienone is 2. The second-order valence-electron chi connectivity index (χ2n) is 5.73. The minimum Gasteiger partial charge on any atom is -0.303 e. The van der Waals surface area contributed by atoms with Crippen molar-refractivity contribution < 1.29 is 14.4 Å². The second-order valence-corrected chi connectivity index (χ2v) is 5.73. The summed E-state index contributed by atoms with van der Waals surface area (Å²) in [5.41, 5.74) is 0. The lowest BCUT2D eigenvalue weighted by Gasteiger charge is -2.18. The summed E-state index contributed by atoms with van der Waals surface area (Å²) in [5, 5.41) is 0. The van der Waals surface area contributed by atoms with Crippen LogP contribution in [0.2, 0.25) is 0 Å². The van der Waals surface area contributed by atoms with Crippen molar-refractivity contribution in [2.75, 3.05) is 26.2 Å². The maximum absolute atomic E-state index is 12.2. The monoisotopic (exact) mass is 292 g/mol. The van der Waals surface area contributed by atoms with Crippen LogP contribution in [0.4, 0.5) is 0 Å². The van der Waals surface area contributed by atoms with Gasteiger partial charge in [-0.25, -0.2) is 0 Å². The lowest BCUT2D eigenvalue weighted by Crippen LogP contribution is -2.37. The fourth-order valence-corrected chi connectivity index (χ4v) is 3.10. The van der Waals surface area contributed by atoms with Gasteiger partial charge in [0, 0.05) is 13.0 Å². The van der Waals surface area contributed by atoms with E-state index in [4.69, 9.17) is 0 Å². The van der Waals surface area contributed by atoms with E-state index in [0.717, 1.165) is 13.1 Å². The Hall–Kier alpha value is -1.49. The van der Waals surface area contributed by atoms with Crippen LogP contribution in [-0.4, -0.2) is 53.6 Å². The molecule has 0 aromatic carbocycles. The number of rotatable bonds is 7. The molecule has 0 bridgehead atoms. The topological polar surface area (TPSA) is 57.7 Å². The van der Waals surface area contributed by atoms with Crippen molar-refractivity contribution in [1.82, 2.24) is 9.80 Å². The van der Waals surface area contributed by atoms with Crippen molar-refractivity contribution in [3.8, 4) is 0 Å². The van der Waals surface area contributed by atoms with Gasteiger partial charge in [-0.1, -0.05) is 26.0 Å². The van der Waals surface area contributed by atoms with Gasteiger partial charge in [0.1, 0.15) is 0 Å². The summed E-state index contributed by atoms with van der Waals surface area (Å²) < 4.78 is 0. The minimum absolute atomic E-state index is 0.0322. The van der Waals surface area contributed by atoms with Crippen LogP contribution in [0.25, 0.3) is 0 Å². The van der Waals surface area contributed by atoms with Gasteiger partial charge in [-0.15, -0.1) is 0 Å². The van der Waals surface area contributed by atoms with Crippen LogP contribution in [0, 0.1) is 11.8 Å². The molecule has 2 amide bonds. The highest BCUT2D eigenvalue weighted by atomic mass is 16.2. The first-order valence-electron chi connectivity index (χ1n) is 7.82. The molecule has 21 heavy (non-hydrogen) atoms. The standard InChI is InChI=1S/C16H24N2O3/c1-3-17(4-2)10-9-12(19)11-18-15(20)13-7-5-6-8-14(13)16(18)21/h5-6,13-14H,3-4,7-11H2,1-2H3. The zero-order valence-electron chi connectivity index (χ0n) is 12.9. The Balaban J connectivity index is 1.89. The molecule has 1 aliphatic heterocycles. The fourth-order valence-electron chi connectivity index (χ4n) is 3.10. The molecule has 1 saturated heterocycles. The molecule has 0 radical (unpaired) electrons. The molecule has 1 heterocycles. The molecule has 0 N–H and O–H groups in total. The zero-order chi connectivity index (χ0) is 15.4. The van der Waals surface area contributed by atoms with Gasteiger partial charge in [0.25, 0.3) is 0 Å². The maximum atomic E-state index is 12.2. The first-order chi connectivity index (χ1) is 10.1. The van der Waals surface area contributed by atoms with Crippen LogP contribution in [-0.2, 0) is 14.4 Å². The Labute approximate surface area is 126 Å². The molecule has 2 atom stereocenters. The Morgan fingerprint density at radius 2 is 1.67 bits per heavy atom. The summed E-state index contributed by atoms with van der Waals surface area (Å²) in [4.78, 5) is 39.9. The zero-order valence-corrected chi connectivity index (χ0v) is 12.9. The number of hydrogen-bond acceptors (Lipinski definition) is 4. The van der Waals surface area contributed by atoms with E-state index in [9.17, 15) is 14.4 Å². The number of hydrogen-bond donors (Lipinski definition) is 0. The van der Waals surface area contributed by atoms with Gasteiger partial charge in [0.15, 0.2) is 5.78 Å². The summed E-state index contributed by atoms with van der Waals surface area (Å²) in [5.74, 6) is -0.831. The highest BCUT2D eigenvalue weighted by Gasteiger charge is 2.47. The smallest absolute Gasteiger partial charge is 0.233 e. The van der Waals surface area contributed by atoms with Gasteiger partial charge < -0.3 is 4.90 Å². The number of Topliss-reactive ketones (excluding diaryl/α,β-unsaturated/α-hetero) is 1. The van der Waals surface area contributed by atoms with Gasteiger partial charge in [-0.3, -0.25) is 19.3 Å². The molecule has 1 fully saturated rings. The van der Waals surface area contributed by atoms with Crippen LogP contribution < -0.4 is 0 Å². The molecular weight excluding hydrogens is 268 g/mol. The second kappa shape index (κ2) is 6.98. The van der Waals surface area contributed by atoms with E-state index >= 15 is 0 Å². The van der Waals surface area contributed by atoms with Crippen molar-refractivity contribution in [2.45, 2.75) is 33.1 Å². The van der Waals surface area contributed by atoms with E-state index < -0.39 is 0 Å². The van der Waals surface area contributed by atoms with Gasteiger partial charge >= 0.3 is 0 Å². The number of amides is 2. The number of fused-ring (bicyclic) bond motifs is 1. The Morgan fingerprint density at radius 3 is 2.14 bits per heavy atom. The first-order valence-corrected chi connectivity index (χ1v) is 7.82. The van der Waals surface area contributed by atoms with Crippen LogP contribution in [0.1, 0.15) is 33.1 Å². The molecule has 1 aliphatic carbocycles. The van der Waals surface area contributed by atoms with Crippen molar-refractivity contribution in [3.63, 3.8) is 0 Å². The third kappa shape index (κ3) is 3.40. The number of carbonyl (C=O) groups is 3. The Kier molecular flexibility index (Phi) is 5.28. The third-order valence-electron chi connectivity index (χ3n) is 4.53. The van der Waals surface area contributed by atoms with E-state index in [1.165, 1.54) is 4.90 Å². The summed E-state index contributed by atoms with van der Waals surface area (Å²) >= 11 is 0. The van der Waals surface area contributed by atoms with Crippen molar-refractivity contribution in [1.29, 1.82) is 0 Å². The highest BCUT2D eigenvalue weighted by Crippen LogP contribution is 2.34. The van der Waals surface area contributed by atoms with Gasteiger partial charge in [-0.05, 0) is 25.9 Å². The van der Waals surface area contributed by atoms with E-state index in [-0.39, 0.29) is 36.0 Å². The lowest BCUT2D eigenvalue weighted by atomic mass is 9.85. The maximum Gasteiger partial charge on any atom is 0.233 e. The van der Waals surface area contributed by atoms with Crippen molar-refractivity contribution in [2.24, 2.45) is 11.8 Å². The normalized spacial score (nSPS) is 24.8. The molecule has 2 rings (SSSR count). The van der Waals surface area contributed by atoms with Crippen LogP contribution in [0.5, 0.6) is 0 Å². The number of nitrogens with zero attached hydrogens (tertiary/aromatic N) is 2. The summed E-state index contributed by atoms with van der Waals surface area (Å²) in [7, 11) is 0. The largest absolute Gasteiger partial charge is 0.303 e. The predicted molar refractivity (Wildman–Crippen MR) is 79.5 cm³/mol. The Morgan fingerprint density at radius 1 is 1.14 bits per heavy atom. The molecule has 5 heteroatoms. The molecule has 0 aromatic heterocycles. The molecule has 0 spiro atoms. The summed E-state index contributed by atoms with van der Waals surface area (Å²) in [6.45, 7) is 6.56. The van der Waals surface area contributed by atoms with Crippen LogP contribution >= 0.6 is 0 Å². The molecule has 116 valence electrons. The highest BCUT2D eigenvalue weighted by molar-refractivity contribution is 6.07. The third-order valence-corrected chi connectivity index (χ3v) is 4.53. The number of carbonyl (C=O) groups excluding carboxylic acids is 3. The average molecular weight is 292 g/mol. The number of likely N-dealkylation sites (tertiary alicyclic amines) is 1. The quantitative estimate of drug-likeness (QED) is 0.523. The van der Waals surface area contributed by atoms with Crippen molar-refractivity contribution >= 4 is 17.6 Å². The van der Waals surface area contributed by atoms with Gasteiger partial charge in [0.05, 0.1) is 18.4 Å². The van der Waals surface area contributed by atoms with Crippen LogP contribution in [0.15, 0.2) is 12.2 Å². The molecule has 5 nitrogen and oxygen atoms in total. The van der Waals surface area contributed by atoms with Gasteiger partial charge in [0.2, 0.25) is 11.8 Å². The summed E-state index contributed by atoms with van der Waals surface area (Å²) in [6.07, 6.45) is 5.56. The molecule has 2 unspecified atom stereocenters. The lowest BCUT2D eigenvalue weighted by molar-refractivity contribution is -0.143. The van der Waals surface area contributed by atoms with E-state index in [2.05, 4.69) is 18.7 Å². The van der Waals surface area contributed by atoms with Gasteiger partial charge in [-0.2, -0.15) is 0 Å². The fraction of sp³-hybridized carbons (Fsp3) is 0.688. The van der Waals surface area contributed by atoms with E-state index in [0.29, 0.717) is 25.8 Å². The summed E-state index contributed by atoms with van der Waals surface area (Å²) in [6, 6.07) is 0. The predicted octanol–water partition coefficient (Wildman–Crippen LogP) is 1.24. The molecule has 0 saturated carbocycles. The van der Waals surface area contributed by atoms with E-state index in [1.807, 2.05) is 12.2 Å². The van der Waals surface area contributed by atoms with Crippen molar-refractivity contribution in [3.05, 3.63) is 12.2 Å². The van der Waals surface area contributed by atoms with Crippen LogP contribution in [0.3, 0.4) is 0 Å². The molecule has 2 aliphatic rings. The Bertz CT molecular complexity index is 428.